The average Bonchev–Trinajstić information content (AvgIpc) is 2.69. The minimum Gasteiger partial charge on any atom is -0.361 e. The Kier molecular flexibility index (Phi) is 3.83. The summed E-state index contributed by atoms with van der Waals surface area (Å²) in [6, 6.07) is 5.84. The van der Waals surface area contributed by atoms with Crippen LogP contribution in [0.25, 0.3) is 10.2 Å². The largest absolute Gasteiger partial charge is 0.361 e. The van der Waals surface area contributed by atoms with Crippen molar-refractivity contribution in [1.29, 1.82) is 0 Å². The highest BCUT2D eigenvalue weighted by Crippen LogP contribution is 2.32. The van der Waals surface area contributed by atoms with E-state index in [4.69, 9.17) is 11.6 Å². The monoisotopic (exact) mass is 282 g/mol. The number of aromatic nitrogens is 1. The van der Waals surface area contributed by atoms with Crippen molar-refractivity contribution in [2.45, 2.75) is 27.7 Å². The first-order valence-electron chi connectivity index (χ1n) is 6.17. The van der Waals surface area contributed by atoms with E-state index in [9.17, 15) is 0 Å². The van der Waals surface area contributed by atoms with Gasteiger partial charge in [0.1, 0.15) is 0 Å². The summed E-state index contributed by atoms with van der Waals surface area (Å²) in [5.74, 6) is 0.583. The van der Waals surface area contributed by atoms with Gasteiger partial charge in [0, 0.05) is 6.54 Å². The predicted octanol–water partition coefficient (Wildman–Crippen LogP) is 5.04. The zero-order chi connectivity index (χ0) is 13.3. The van der Waals surface area contributed by atoms with E-state index in [0.717, 1.165) is 26.9 Å². The van der Waals surface area contributed by atoms with Crippen molar-refractivity contribution in [3.63, 3.8) is 0 Å². The number of thiazole rings is 1. The van der Waals surface area contributed by atoms with Gasteiger partial charge < -0.3 is 5.32 Å². The van der Waals surface area contributed by atoms with Gasteiger partial charge in [0.25, 0.3) is 0 Å². The van der Waals surface area contributed by atoms with Gasteiger partial charge in [0.15, 0.2) is 5.13 Å². The van der Waals surface area contributed by atoms with Gasteiger partial charge in [0.2, 0.25) is 0 Å². The fourth-order valence-electron chi connectivity index (χ4n) is 1.54. The zero-order valence-corrected chi connectivity index (χ0v) is 12.8. The van der Waals surface area contributed by atoms with Crippen LogP contribution in [0, 0.1) is 11.3 Å². The van der Waals surface area contributed by atoms with Crippen LogP contribution >= 0.6 is 22.9 Å². The van der Waals surface area contributed by atoms with E-state index >= 15 is 0 Å². The Hall–Kier alpha value is -0.800. The quantitative estimate of drug-likeness (QED) is 0.853. The maximum atomic E-state index is 6.15. The van der Waals surface area contributed by atoms with E-state index in [2.05, 4.69) is 38.0 Å². The number of nitrogens with zero attached hydrogens (tertiary/aromatic N) is 1. The van der Waals surface area contributed by atoms with Gasteiger partial charge in [-0.1, -0.05) is 56.7 Å². The summed E-state index contributed by atoms with van der Waals surface area (Å²) in [5.41, 5.74) is 1.28. The van der Waals surface area contributed by atoms with Crippen molar-refractivity contribution in [1.82, 2.24) is 4.98 Å². The molecule has 1 heterocycles. The van der Waals surface area contributed by atoms with Gasteiger partial charge in [-0.2, -0.15) is 0 Å². The van der Waals surface area contributed by atoms with Crippen molar-refractivity contribution in [3.8, 4) is 0 Å². The fourth-order valence-corrected chi connectivity index (χ4v) is 2.70. The topological polar surface area (TPSA) is 24.9 Å². The van der Waals surface area contributed by atoms with Crippen molar-refractivity contribution >= 4 is 38.3 Å². The third-order valence-corrected chi connectivity index (χ3v) is 4.89. The second-order valence-corrected chi connectivity index (χ2v) is 7.16. The van der Waals surface area contributed by atoms with Gasteiger partial charge in [-0.25, -0.2) is 4.98 Å². The lowest BCUT2D eigenvalue weighted by Crippen LogP contribution is -2.24. The summed E-state index contributed by atoms with van der Waals surface area (Å²) < 4.78 is 1.06. The SMILES string of the molecule is CC(CNc1nc2cccc(Cl)c2s1)C(C)(C)C. The Bertz CT molecular complexity index is 542. The van der Waals surface area contributed by atoms with Crippen LogP contribution in [0.2, 0.25) is 5.02 Å². The molecule has 1 unspecified atom stereocenters. The molecule has 0 aliphatic heterocycles. The van der Waals surface area contributed by atoms with E-state index in [1.165, 1.54) is 0 Å². The second kappa shape index (κ2) is 5.06. The van der Waals surface area contributed by atoms with Gasteiger partial charge in [-0.3, -0.25) is 0 Å². The minimum atomic E-state index is 0.307. The highest BCUT2D eigenvalue weighted by atomic mass is 35.5. The number of rotatable bonds is 3. The maximum Gasteiger partial charge on any atom is 0.183 e. The third-order valence-electron chi connectivity index (χ3n) is 3.40. The molecule has 4 heteroatoms. The molecule has 0 aliphatic carbocycles. The first kappa shape index (κ1) is 13.6. The zero-order valence-electron chi connectivity index (χ0n) is 11.2. The third kappa shape index (κ3) is 2.96. The van der Waals surface area contributed by atoms with Crippen molar-refractivity contribution in [2.75, 3.05) is 11.9 Å². The standard InChI is InChI=1S/C14H19ClN2S/c1-9(14(2,3)4)8-16-13-17-11-7-5-6-10(15)12(11)18-13/h5-7,9H,8H2,1-4H3,(H,16,17). The van der Waals surface area contributed by atoms with Gasteiger partial charge in [-0.15, -0.1) is 0 Å². The Morgan fingerprint density at radius 3 is 2.72 bits per heavy atom. The number of hydrogen-bond acceptors (Lipinski definition) is 3. The van der Waals surface area contributed by atoms with Crippen LogP contribution in [-0.2, 0) is 0 Å². The molecule has 1 aromatic heterocycles. The first-order valence-corrected chi connectivity index (χ1v) is 7.36. The van der Waals surface area contributed by atoms with E-state index in [0.29, 0.717) is 11.3 Å². The Morgan fingerprint density at radius 2 is 2.11 bits per heavy atom. The highest BCUT2D eigenvalue weighted by Gasteiger charge is 2.20. The smallest absolute Gasteiger partial charge is 0.183 e. The molecule has 0 saturated carbocycles. The van der Waals surface area contributed by atoms with E-state index in [1.54, 1.807) is 11.3 Å². The van der Waals surface area contributed by atoms with Crippen molar-refractivity contribution < 1.29 is 0 Å². The summed E-state index contributed by atoms with van der Waals surface area (Å²) in [6.45, 7) is 9.96. The van der Waals surface area contributed by atoms with Gasteiger partial charge >= 0.3 is 0 Å². The van der Waals surface area contributed by atoms with Crippen LogP contribution in [0.3, 0.4) is 0 Å². The molecule has 0 saturated heterocycles. The molecule has 1 atom stereocenters. The lowest BCUT2D eigenvalue weighted by Gasteiger charge is -2.27. The summed E-state index contributed by atoms with van der Waals surface area (Å²) in [4.78, 5) is 4.55. The Balaban J connectivity index is 2.11. The molecule has 2 rings (SSSR count). The van der Waals surface area contributed by atoms with Gasteiger partial charge in [-0.05, 0) is 23.5 Å². The van der Waals surface area contributed by atoms with Crippen LogP contribution in [0.15, 0.2) is 18.2 Å². The van der Waals surface area contributed by atoms with Crippen LogP contribution < -0.4 is 5.32 Å². The molecular weight excluding hydrogens is 264 g/mol. The summed E-state index contributed by atoms with van der Waals surface area (Å²) in [7, 11) is 0. The molecule has 2 aromatic rings. The number of hydrogen-bond donors (Lipinski definition) is 1. The molecule has 0 amide bonds. The first-order chi connectivity index (χ1) is 8.38. The molecule has 2 nitrogen and oxygen atoms in total. The normalized spacial score (nSPS) is 13.8. The number of nitrogens with one attached hydrogen (secondary N) is 1. The lowest BCUT2D eigenvalue weighted by molar-refractivity contribution is 0.274. The summed E-state index contributed by atoms with van der Waals surface area (Å²) >= 11 is 7.77. The predicted molar refractivity (Wildman–Crippen MR) is 81.7 cm³/mol. The number of benzene rings is 1. The van der Waals surface area contributed by atoms with Crippen LogP contribution in [0.4, 0.5) is 5.13 Å². The average molecular weight is 283 g/mol. The summed E-state index contributed by atoms with van der Waals surface area (Å²) in [5, 5.41) is 5.15. The fraction of sp³-hybridized carbons (Fsp3) is 0.500. The highest BCUT2D eigenvalue weighted by molar-refractivity contribution is 7.22. The second-order valence-electron chi connectivity index (χ2n) is 5.76. The van der Waals surface area contributed by atoms with E-state index < -0.39 is 0 Å². The van der Waals surface area contributed by atoms with Crippen LogP contribution in [0.1, 0.15) is 27.7 Å². The molecule has 18 heavy (non-hydrogen) atoms. The van der Waals surface area contributed by atoms with Crippen LogP contribution in [0.5, 0.6) is 0 Å². The van der Waals surface area contributed by atoms with Gasteiger partial charge in [0.05, 0.1) is 15.2 Å². The Morgan fingerprint density at radius 1 is 1.39 bits per heavy atom. The molecule has 0 bridgehead atoms. The molecule has 1 aromatic carbocycles. The number of fused-ring (bicyclic) bond motifs is 1. The van der Waals surface area contributed by atoms with E-state index in [1.807, 2.05) is 18.2 Å². The van der Waals surface area contributed by atoms with Crippen LogP contribution in [-0.4, -0.2) is 11.5 Å². The van der Waals surface area contributed by atoms with E-state index in [-0.39, 0.29) is 0 Å². The number of anilines is 1. The molecule has 1 N–H and O–H groups in total. The summed E-state index contributed by atoms with van der Waals surface area (Å²) in [6.07, 6.45) is 0. The lowest BCUT2D eigenvalue weighted by atomic mass is 9.82. The molecule has 0 radical (unpaired) electrons. The van der Waals surface area contributed by atoms with Crippen molar-refractivity contribution in [2.24, 2.45) is 11.3 Å². The molecular formula is C14H19ClN2S. The molecule has 0 fully saturated rings. The minimum absolute atomic E-state index is 0.307. The molecule has 0 aliphatic rings. The Labute approximate surface area is 117 Å². The molecule has 98 valence electrons. The molecule has 0 spiro atoms. The number of halogens is 1. The maximum absolute atomic E-state index is 6.15. The van der Waals surface area contributed by atoms with Crippen molar-refractivity contribution in [3.05, 3.63) is 23.2 Å².